The van der Waals surface area contributed by atoms with E-state index in [9.17, 15) is 9.59 Å². The summed E-state index contributed by atoms with van der Waals surface area (Å²) in [5.74, 6) is -0.0811. The monoisotopic (exact) mass is 515 g/mol. The molecule has 0 radical (unpaired) electrons. The molecule has 2 aromatic heterocycles. The SMILES string of the molecule is Cc1ccc(C(=O)c2c(I)c(-c3ccccc3)n3c2c(C=O)cc2ccccc23)cc1. The molecular formula is C27H18INO2. The van der Waals surface area contributed by atoms with E-state index in [1.807, 2.05) is 91.9 Å². The van der Waals surface area contributed by atoms with Gasteiger partial charge in [0.2, 0.25) is 0 Å². The van der Waals surface area contributed by atoms with Gasteiger partial charge >= 0.3 is 0 Å². The summed E-state index contributed by atoms with van der Waals surface area (Å²) >= 11 is 2.25. The van der Waals surface area contributed by atoms with Crippen molar-refractivity contribution >= 4 is 51.1 Å². The molecule has 0 saturated heterocycles. The third-order valence-electron chi connectivity index (χ3n) is 5.59. The summed E-state index contributed by atoms with van der Waals surface area (Å²) in [7, 11) is 0. The lowest BCUT2D eigenvalue weighted by Gasteiger charge is -2.10. The molecule has 150 valence electrons. The lowest BCUT2D eigenvalue weighted by atomic mass is 10.0. The first kappa shape index (κ1) is 19.7. The number of benzene rings is 3. The van der Waals surface area contributed by atoms with Crippen LogP contribution in [0.4, 0.5) is 0 Å². The maximum absolute atomic E-state index is 13.7. The quantitative estimate of drug-likeness (QED) is 0.152. The number of hydrogen-bond acceptors (Lipinski definition) is 2. The van der Waals surface area contributed by atoms with Crippen LogP contribution in [0.2, 0.25) is 0 Å². The van der Waals surface area contributed by atoms with Crippen LogP contribution >= 0.6 is 22.6 Å². The fourth-order valence-electron chi connectivity index (χ4n) is 4.11. The Bertz CT molecular complexity index is 1460. The van der Waals surface area contributed by atoms with E-state index in [2.05, 4.69) is 27.0 Å². The van der Waals surface area contributed by atoms with Crippen molar-refractivity contribution in [3.8, 4) is 11.3 Å². The number of aryl methyl sites for hydroxylation is 1. The minimum Gasteiger partial charge on any atom is -0.307 e. The van der Waals surface area contributed by atoms with Crippen LogP contribution in [-0.4, -0.2) is 16.5 Å². The van der Waals surface area contributed by atoms with Crippen LogP contribution < -0.4 is 0 Å². The fourth-order valence-corrected chi connectivity index (χ4v) is 5.16. The number of nitrogens with zero attached hydrogens (tertiary/aromatic N) is 1. The second-order valence-electron chi connectivity index (χ2n) is 7.56. The number of carbonyl (C=O) groups excluding carboxylic acids is 2. The molecular weight excluding hydrogens is 497 g/mol. The molecule has 0 bridgehead atoms. The lowest BCUT2D eigenvalue weighted by molar-refractivity contribution is 0.103. The molecule has 0 fully saturated rings. The normalized spacial score (nSPS) is 11.2. The zero-order valence-corrected chi connectivity index (χ0v) is 19.0. The number of halogens is 1. The van der Waals surface area contributed by atoms with Gasteiger partial charge in [0.15, 0.2) is 12.1 Å². The predicted molar refractivity (Wildman–Crippen MR) is 133 cm³/mol. The molecule has 0 aliphatic carbocycles. The first-order valence-electron chi connectivity index (χ1n) is 9.98. The zero-order chi connectivity index (χ0) is 21.5. The molecule has 0 spiro atoms. The van der Waals surface area contributed by atoms with Gasteiger partial charge in [0.25, 0.3) is 0 Å². The Morgan fingerprint density at radius 2 is 1.58 bits per heavy atom. The summed E-state index contributed by atoms with van der Waals surface area (Å²) in [6.07, 6.45) is 0.846. The highest BCUT2D eigenvalue weighted by molar-refractivity contribution is 14.1. The topological polar surface area (TPSA) is 38.5 Å². The minimum atomic E-state index is -0.0811. The average Bonchev–Trinajstić information content (AvgIpc) is 3.12. The van der Waals surface area contributed by atoms with Crippen molar-refractivity contribution in [2.24, 2.45) is 0 Å². The van der Waals surface area contributed by atoms with Crippen molar-refractivity contribution in [3.05, 3.63) is 111 Å². The van der Waals surface area contributed by atoms with Gasteiger partial charge in [-0.15, -0.1) is 0 Å². The van der Waals surface area contributed by atoms with Gasteiger partial charge in [-0.25, -0.2) is 0 Å². The predicted octanol–water partition coefficient (Wildman–Crippen LogP) is 6.72. The number of aromatic nitrogens is 1. The average molecular weight is 515 g/mol. The Morgan fingerprint density at radius 3 is 2.29 bits per heavy atom. The Labute approximate surface area is 193 Å². The number of pyridine rings is 1. The Hall–Kier alpha value is -3.25. The summed E-state index contributed by atoms with van der Waals surface area (Å²) in [4.78, 5) is 25.9. The molecule has 2 heterocycles. The molecule has 0 N–H and O–H groups in total. The van der Waals surface area contributed by atoms with E-state index in [-0.39, 0.29) is 5.78 Å². The molecule has 0 aliphatic heterocycles. The second kappa shape index (κ2) is 7.78. The molecule has 0 unspecified atom stereocenters. The summed E-state index contributed by atoms with van der Waals surface area (Å²) < 4.78 is 2.91. The van der Waals surface area contributed by atoms with Gasteiger partial charge in [0, 0.05) is 11.1 Å². The molecule has 0 amide bonds. The van der Waals surface area contributed by atoms with Crippen LogP contribution in [0.3, 0.4) is 0 Å². The first-order chi connectivity index (χ1) is 15.1. The van der Waals surface area contributed by atoms with E-state index in [4.69, 9.17) is 0 Å². The zero-order valence-electron chi connectivity index (χ0n) is 16.8. The van der Waals surface area contributed by atoms with E-state index in [0.29, 0.717) is 22.2 Å². The summed E-state index contributed by atoms with van der Waals surface area (Å²) in [6.45, 7) is 2.00. The highest BCUT2D eigenvalue weighted by Crippen LogP contribution is 2.38. The maximum atomic E-state index is 13.7. The van der Waals surface area contributed by atoms with E-state index >= 15 is 0 Å². The van der Waals surface area contributed by atoms with Gasteiger partial charge in [0.05, 0.1) is 25.9 Å². The standard InChI is InChI=1S/C27H18INO2/c1-17-11-13-19(14-12-17)27(31)23-24(28)26(18-7-3-2-4-8-18)29-22-10-6-5-9-20(22)15-21(16-30)25(23)29/h2-16H,1H3. The third kappa shape index (κ3) is 3.18. The van der Waals surface area contributed by atoms with Crippen molar-refractivity contribution in [1.29, 1.82) is 0 Å². The number of aldehydes is 1. The molecule has 5 aromatic rings. The van der Waals surface area contributed by atoms with Gasteiger partial charge in [0.1, 0.15) is 0 Å². The molecule has 31 heavy (non-hydrogen) atoms. The summed E-state index contributed by atoms with van der Waals surface area (Å²) in [5, 5.41) is 0.954. The van der Waals surface area contributed by atoms with E-state index < -0.39 is 0 Å². The Morgan fingerprint density at radius 1 is 0.903 bits per heavy atom. The number of carbonyl (C=O) groups is 2. The van der Waals surface area contributed by atoms with Gasteiger partial charge in [-0.3, -0.25) is 9.59 Å². The molecule has 3 aromatic carbocycles. The van der Waals surface area contributed by atoms with Crippen LogP contribution in [0.1, 0.15) is 31.8 Å². The van der Waals surface area contributed by atoms with Crippen LogP contribution in [0.25, 0.3) is 27.7 Å². The van der Waals surface area contributed by atoms with Gasteiger partial charge < -0.3 is 4.40 Å². The highest BCUT2D eigenvalue weighted by Gasteiger charge is 2.26. The van der Waals surface area contributed by atoms with Gasteiger partial charge in [-0.2, -0.15) is 0 Å². The van der Waals surface area contributed by atoms with E-state index in [0.717, 1.165) is 37.6 Å². The Balaban J connectivity index is 1.96. The first-order valence-corrected chi connectivity index (χ1v) is 11.1. The van der Waals surface area contributed by atoms with Crippen molar-refractivity contribution in [2.75, 3.05) is 0 Å². The number of fused-ring (bicyclic) bond motifs is 3. The number of ketones is 1. The van der Waals surface area contributed by atoms with Crippen molar-refractivity contribution < 1.29 is 9.59 Å². The maximum Gasteiger partial charge on any atom is 0.196 e. The van der Waals surface area contributed by atoms with Crippen LogP contribution in [0.15, 0.2) is 84.9 Å². The molecule has 0 aliphatic rings. The highest BCUT2D eigenvalue weighted by atomic mass is 127. The van der Waals surface area contributed by atoms with Gasteiger partial charge in [-0.05, 0) is 52.6 Å². The number of rotatable bonds is 4. The molecule has 0 saturated carbocycles. The van der Waals surface area contributed by atoms with Crippen molar-refractivity contribution in [3.63, 3.8) is 0 Å². The van der Waals surface area contributed by atoms with Crippen LogP contribution in [0, 0.1) is 10.5 Å². The summed E-state index contributed by atoms with van der Waals surface area (Å²) in [6, 6.07) is 27.4. The smallest absolute Gasteiger partial charge is 0.196 e. The largest absolute Gasteiger partial charge is 0.307 e. The number of para-hydroxylation sites is 1. The second-order valence-corrected chi connectivity index (χ2v) is 8.64. The summed E-state index contributed by atoms with van der Waals surface area (Å²) in [5.41, 5.74) is 6.32. The lowest BCUT2D eigenvalue weighted by Crippen LogP contribution is -2.04. The Kier molecular flexibility index (Phi) is 4.94. The molecule has 3 nitrogen and oxygen atoms in total. The molecule has 5 rings (SSSR count). The van der Waals surface area contributed by atoms with Crippen molar-refractivity contribution in [1.82, 2.24) is 4.40 Å². The van der Waals surface area contributed by atoms with E-state index in [1.54, 1.807) is 0 Å². The third-order valence-corrected chi connectivity index (χ3v) is 6.64. The number of hydrogen-bond donors (Lipinski definition) is 0. The van der Waals surface area contributed by atoms with E-state index in [1.165, 1.54) is 0 Å². The fraction of sp³-hybridized carbons (Fsp3) is 0.0370. The van der Waals surface area contributed by atoms with Crippen molar-refractivity contribution in [2.45, 2.75) is 6.92 Å². The molecule has 0 atom stereocenters. The minimum absolute atomic E-state index is 0.0811. The molecule has 4 heteroatoms. The van der Waals surface area contributed by atoms with Gasteiger partial charge in [-0.1, -0.05) is 78.4 Å². The van der Waals surface area contributed by atoms with Crippen LogP contribution in [0.5, 0.6) is 0 Å². The van der Waals surface area contributed by atoms with Crippen LogP contribution in [-0.2, 0) is 0 Å².